The Labute approximate surface area is 250 Å². The first kappa shape index (κ1) is 28.4. The Morgan fingerprint density at radius 1 is 0.976 bits per heavy atom. The molecule has 3 heterocycles. The number of nitrogens with one attached hydrogen (secondary N) is 1. The molecule has 1 N–H and O–H groups in total. The lowest BCUT2D eigenvalue weighted by Gasteiger charge is -2.30. The number of thiazole rings is 1. The van der Waals surface area contributed by atoms with Gasteiger partial charge in [0.15, 0.2) is 11.5 Å². The van der Waals surface area contributed by atoms with Crippen molar-refractivity contribution in [3.63, 3.8) is 0 Å². The number of halogens is 4. The maximum Gasteiger partial charge on any atom is 0.418 e. The number of imide groups is 1. The van der Waals surface area contributed by atoms with Gasteiger partial charge in [0.2, 0.25) is 11.8 Å². The van der Waals surface area contributed by atoms with Gasteiger partial charge in [0.05, 0.1) is 29.3 Å². The number of benzene rings is 3. The van der Waals surface area contributed by atoms with Gasteiger partial charge in [-0.2, -0.15) is 13.2 Å². The van der Waals surface area contributed by atoms with E-state index >= 15 is 0 Å². The fraction of sp³-hybridized carbons (Fsp3) is 0.207. The predicted molar refractivity (Wildman–Crippen MR) is 153 cm³/mol. The van der Waals surface area contributed by atoms with Crippen molar-refractivity contribution < 1.29 is 32.2 Å². The zero-order valence-corrected chi connectivity index (χ0v) is 24.0. The summed E-state index contributed by atoms with van der Waals surface area (Å²) in [6, 6.07) is 16.7. The fourth-order valence-corrected chi connectivity index (χ4v) is 7.90. The predicted octanol–water partition coefficient (Wildman–Crippen LogP) is 6.49. The Balaban J connectivity index is 1.39. The van der Waals surface area contributed by atoms with Crippen LogP contribution in [0.25, 0.3) is 0 Å². The molecule has 7 nitrogen and oxygen atoms in total. The average molecular weight is 633 g/mol. The van der Waals surface area contributed by atoms with Crippen molar-refractivity contribution in [1.29, 1.82) is 0 Å². The number of thioether (sulfide) groups is 1. The van der Waals surface area contributed by atoms with E-state index in [9.17, 15) is 27.6 Å². The highest BCUT2D eigenvalue weighted by Gasteiger charge is 2.57. The van der Waals surface area contributed by atoms with Gasteiger partial charge in [-0.1, -0.05) is 65.0 Å². The number of ether oxygens (including phenoxy) is 2. The SMILES string of the molecule is COc1cc([C@H]2c3sc(=O)[nH]c3SC3C(=O)N(c4ccccc4C(F)(F)F)C(=O)C32)ccc1OCc1ccc(Cl)cc1. The van der Waals surface area contributed by atoms with E-state index in [0.717, 1.165) is 40.8 Å². The average Bonchev–Trinajstić information content (AvgIpc) is 3.46. The maximum absolute atomic E-state index is 13.9. The van der Waals surface area contributed by atoms with Gasteiger partial charge in [-0.3, -0.25) is 14.4 Å². The number of H-pyrrole nitrogens is 1. The van der Waals surface area contributed by atoms with Crippen LogP contribution in [0.2, 0.25) is 5.02 Å². The third-order valence-electron chi connectivity index (χ3n) is 7.13. The first-order valence-electron chi connectivity index (χ1n) is 12.6. The van der Waals surface area contributed by atoms with Crippen molar-refractivity contribution in [2.45, 2.75) is 29.0 Å². The number of para-hydroxylation sites is 1. The molecule has 0 saturated carbocycles. The number of carbonyl (C=O) groups is 2. The van der Waals surface area contributed by atoms with E-state index in [1.165, 1.54) is 19.2 Å². The van der Waals surface area contributed by atoms with E-state index < -0.39 is 46.3 Å². The summed E-state index contributed by atoms with van der Waals surface area (Å²) in [5, 5.41) is -0.0461. The summed E-state index contributed by atoms with van der Waals surface area (Å²) in [5.74, 6) is -2.65. The number of methoxy groups -OCH3 is 1. The summed E-state index contributed by atoms with van der Waals surface area (Å²) in [6.07, 6.45) is -4.78. The molecular formula is C29H20ClF3N2O5S2. The maximum atomic E-state index is 13.9. The summed E-state index contributed by atoms with van der Waals surface area (Å²) in [6.45, 7) is 0.224. The van der Waals surface area contributed by atoms with Crippen LogP contribution in [-0.2, 0) is 22.4 Å². The largest absolute Gasteiger partial charge is 0.493 e. The summed E-state index contributed by atoms with van der Waals surface area (Å²) in [7, 11) is 1.45. The number of rotatable bonds is 6. The van der Waals surface area contributed by atoms with E-state index in [1.54, 1.807) is 30.3 Å². The Morgan fingerprint density at radius 2 is 1.71 bits per heavy atom. The van der Waals surface area contributed by atoms with Gasteiger partial charge < -0.3 is 14.5 Å². The zero-order chi connectivity index (χ0) is 29.8. The van der Waals surface area contributed by atoms with Gasteiger partial charge >= 0.3 is 11.0 Å². The number of fused-ring (bicyclic) bond motifs is 2. The zero-order valence-electron chi connectivity index (χ0n) is 21.6. The molecule has 1 saturated heterocycles. The fourth-order valence-electron chi connectivity index (χ4n) is 5.26. The number of aromatic nitrogens is 1. The van der Waals surface area contributed by atoms with E-state index in [-0.39, 0.29) is 11.5 Å². The number of hydrogen-bond acceptors (Lipinski definition) is 7. The second kappa shape index (κ2) is 10.8. The molecule has 1 aromatic heterocycles. The highest BCUT2D eigenvalue weighted by atomic mass is 35.5. The molecule has 1 fully saturated rings. The third-order valence-corrected chi connectivity index (χ3v) is 9.78. The summed E-state index contributed by atoms with van der Waals surface area (Å²) in [4.78, 5) is 43.4. The van der Waals surface area contributed by atoms with Gasteiger partial charge in [0.1, 0.15) is 11.9 Å². The lowest BCUT2D eigenvalue weighted by Crippen LogP contribution is -2.33. The van der Waals surface area contributed by atoms with Crippen molar-refractivity contribution >= 4 is 52.2 Å². The van der Waals surface area contributed by atoms with Crippen LogP contribution in [0.15, 0.2) is 76.6 Å². The molecule has 2 aliphatic heterocycles. The first-order chi connectivity index (χ1) is 20.1. The Bertz CT molecular complexity index is 1760. The molecule has 4 aromatic rings. The van der Waals surface area contributed by atoms with E-state index in [0.29, 0.717) is 36.9 Å². The highest BCUT2D eigenvalue weighted by molar-refractivity contribution is 8.00. The summed E-state index contributed by atoms with van der Waals surface area (Å²) < 4.78 is 53.1. The van der Waals surface area contributed by atoms with Crippen molar-refractivity contribution in [3.8, 4) is 11.5 Å². The Morgan fingerprint density at radius 3 is 2.43 bits per heavy atom. The molecule has 216 valence electrons. The number of anilines is 1. The number of hydrogen-bond donors (Lipinski definition) is 1. The molecule has 2 amide bonds. The quantitative estimate of drug-likeness (QED) is 0.245. The lowest BCUT2D eigenvalue weighted by molar-refractivity contribution is -0.137. The molecule has 42 heavy (non-hydrogen) atoms. The molecular weight excluding hydrogens is 613 g/mol. The van der Waals surface area contributed by atoms with Crippen LogP contribution >= 0.6 is 34.7 Å². The van der Waals surface area contributed by atoms with Gasteiger partial charge in [-0.25, -0.2) is 4.90 Å². The standard InChI is InChI=1S/C29H20ClF3N2O5S2/c1-39-20-12-15(8-11-19(20)40-13-14-6-9-16(30)10-7-14)21-22-24(41-25-23(21)42-28(38)34-25)27(37)35(26(22)36)18-5-3-2-4-17(18)29(31,32)33/h2-12,21-22,24H,13H2,1H3,(H,34,38)/t21-,22?,24?/m1/s1. The summed E-state index contributed by atoms with van der Waals surface area (Å²) in [5.41, 5.74) is -0.189. The van der Waals surface area contributed by atoms with Crippen molar-refractivity contribution in [2.75, 3.05) is 12.0 Å². The second-order valence-corrected chi connectivity index (χ2v) is 12.2. The van der Waals surface area contributed by atoms with Gasteiger partial charge in [0, 0.05) is 15.8 Å². The molecule has 0 aliphatic carbocycles. The minimum Gasteiger partial charge on any atom is -0.493 e. The molecule has 2 aliphatic rings. The Kier molecular flexibility index (Phi) is 7.32. The molecule has 0 bridgehead atoms. The van der Waals surface area contributed by atoms with E-state index in [4.69, 9.17) is 21.1 Å². The Hall–Kier alpha value is -3.74. The monoisotopic (exact) mass is 632 g/mol. The normalized spacial score (nSPS) is 19.9. The van der Waals surface area contributed by atoms with Crippen molar-refractivity contribution in [3.05, 3.63) is 103 Å². The lowest BCUT2D eigenvalue weighted by atomic mass is 9.83. The topological polar surface area (TPSA) is 88.7 Å². The minimum absolute atomic E-state index is 0.224. The van der Waals surface area contributed by atoms with Crippen molar-refractivity contribution in [1.82, 2.24) is 4.98 Å². The molecule has 0 spiro atoms. The number of alkyl halides is 3. The molecule has 6 rings (SSSR count). The molecule has 0 radical (unpaired) electrons. The van der Waals surface area contributed by atoms with E-state index in [1.807, 2.05) is 12.1 Å². The van der Waals surface area contributed by atoms with Crippen molar-refractivity contribution in [2.24, 2.45) is 5.92 Å². The number of amides is 2. The van der Waals surface area contributed by atoms with Crippen LogP contribution in [0.3, 0.4) is 0 Å². The molecule has 2 unspecified atom stereocenters. The van der Waals surface area contributed by atoms with E-state index in [2.05, 4.69) is 4.98 Å². The molecule has 3 atom stereocenters. The highest BCUT2D eigenvalue weighted by Crippen LogP contribution is 2.54. The number of nitrogens with zero attached hydrogens (tertiary/aromatic N) is 1. The first-order valence-corrected chi connectivity index (χ1v) is 14.6. The smallest absolute Gasteiger partial charge is 0.418 e. The number of aromatic amines is 1. The van der Waals surface area contributed by atoms with Crippen LogP contribution in [0.1, 0.15) is 27.5 Å². The van der Waals surface area contributed by atoms with Gasteiger partial charge in [-0.05, 0) is 47.5 Å². The van der Waals surface area contributed by atoms with Crippen LogP contribution in [0, 0.1) is 5.92 Å². The third kappa shape index (κ3) is 4.97. The summed E-state index contributed by atoms with van der Waals surface area (Å²) >= 11 is 7.84. The number of carbonyl (C=O) groups excluding carboxylic acids is 2. The second-order valence-electron chi connectivity index (χ2n) is 9.60. The minimum atomic E-state index is -4.78. The van der Waals surface area contributed by atoms with Gasteiger partial charge in [-0.15, -0.1) is 0 Å². The van der Waals surface area contributed by atoms with Crippen LogP contribution in [-0.4, -0.2) is 29.2 Å². The van der Waals surface area contributed by atoms with Gasteiger partial charge in [0.25, 0.3) is 0 Å². The van der Waals surface area contributed by atoms with Crippen LogP contribution < -0.4 is 19.2 Å². The molecule has 13 heteroatoms. The molecule has 3 aromatic carbocycles. The van der Waals surface area contributed by atoms with Crippen LogP contribution in [0.5, 0.6) is 11.5 Å². The van der Waals surface area contributed by atoms with Crippen LogP contribution in [0.4, 0.5) is 18.9 Å².